The Morgan fingerprint density at radius 2 is 2.18 bits per heavy atom. The predicted molar refractivity (Wildman–Crippen MR) is 79.4 cm³/mol. The topological polar surface area (TPSA) is 79.3 Å². The highest BCUT2D eigenvalue weighted by molar-refractivity contribution is 5.94. The molecule has 2 fully saturated rings. The molecule has 2 heterocycles. The molecule has 4 rings (SSSR count). The monoisotopic (exact) mass is 299 g/mol. The maximum Gasteiger partial charge on any atom is 0.195 e. The number of carbonyl (C=O) groups excluding carboxylic acids is 1. The first-order valence-electron chi connectivity index (χ1n) is 7.24. The molecule has 112 valence electrons. The molecule has 22 heavy (non-hydrogen) atoms. The number of aldehydes is 1. The van der Waals surface area contributed by atoms with E-state index in [4.69, 9.17) is 0 Å². The third kappa shape index (κ3) is 2.43. The lowest BCUT2D eigenvalue weighted by molar-refractivity contribution is 0.111. The van der Waals surface area contributed by atoms with Crippen LogP contribution in [-0.2, 0) is 0 Å². The van der Waals surface area contributed by atoms with Gasteiger partial charge in [0.05, 0.1) is 5.52 Å². The number of nitrogens with zero attached hydrogens (tertiary/aromatic N) is 3. The summed E-state index contributed by atoms with van der Waals surface area (Å²) in [5, 5.41) is 0.495. The number of hydrogen-bond donors (Lipinski definition) is 2. The smallest absolute Gasteiger partial charge is 0.195 e. The summed E-state index contributed by atoms with van der Waals surface area (Å²) in [6, 6.07) is 4.55. The Morgan fingerprint density at radius 3 is 2.95 bits per heavy atom. The number of hydrogen-bond acceptors (Lipinski definition) is 5. The van der Waals surface area contributed by atoms with Crippen LogP contribution in [0.25, 0.3) is 10.9 Å². The largest absolute Gasteiger partial charge is 0.309 e. The molecule has 2 aliphatic rings. The van der Waals surface area contributed by atoms with Crippen molar-refractivity contribution in [2.45, 2.75) is 25.3 Å². The van der Waals surface area contributed by atoms with Gasteiger partial charge in [0.25, 0.3) is 0 Å². The maximum atomic E-state index is 13.5. The lowest BCUT2D eigenvalue weighted by Gasteiger charge is -2.04. The molecule has 2 N–H and O–H groups in total. The van der Waals surface area contributed by atoms with Gasteiger partial charge in [0.1, 0.15) is 11.7 Å². The van der Waals surface area contributed by atoms with Gasteiger partial charge in [0.15, 0.2) is 17.9 Å². The highest BCUT2D eigenvalue weighted by Gasteiger charge is 2.35. The van der Waals surface area contributed by atoms with Crippen LogP contribution in [0.4, 0.5) is 10.2 Å². The summed E-state index contributed by atoms with van der Waals surface area (Å²) in [5.74, 6) is 1.42. The normalized spacial score (nSPS) is 23.0. The van der Waals surface area contributed by atoms with Crippen LogP contribution < -0.4 is 10.9 Å². The van der Waals surface area contributed by atoms with Gasteiger partial charge < -0.3 is 5.43 Å². The SMILES string of the molecule is O=Cc1nc(N=C2CC(C3CC3)NN2)c2cc(F)ccc2n1. The molecule has 1 aliphatic heterocycles. The number of nitrogens with one attached hydrogen (secondary N) is 2. The van der Waals surface area contributed by atoms with E-state index in [0.29, 0.717) is 35.0 Å². The van der Waals surface area contributed by atoms with Crippen molar-refractivity contribution < 1.29 is 9.18 Å². The van der Waals surface area contributed by atoms with Crippen molar-refractivity contribution in [2.75, 3.05) is 0 Å². The van der Waals surface area contributed by atoms with Gasteiger partial charge in [0.2, 0.25) is 0 Å². The molecule has 1 saturated heterocycles. The maximum absolute atomic E-state index is 13.5. The number of aliphatic imine (C=N–C) groups is 1. The fourth-order valence-electron chi connectivity index (χ4n) is 2.71. The molecule has 0 spiro atoms. The zero-order chi connectivity index (χ0) is 15.1. The molecule has 7 heteroatoms. The summed E-state index contributed by atoms with van der Waals surface area (Å²) in [4.78, 5) is 23.6. The summed E-state index contributed by atoms with van der Waals surface area (Å²) in [6.07, 6.45) is 3.83. The second kappa shape index (κ2) is 5.10. The van der Waals surface area contributed by atoms with E-state index in [0.717, 1.165) is 12.3 Å². The average molecular weight is 299 g/mol. The van der Waals surface area contributed by atoms with Crippen LogP contribution in [0.3, 0.4) is 0 Å². The minimum Gasteiger partial charge on any atom is -0.309 e. The fraction of sp³-hybridized carbons (Fsp3) is 0.333. The first kappa shape index (κ1) is 13.3. The van der Waals surface area contributed by atoms with E-state index in [1.807, 2.05) is 0 Å². The van der Waals surface area contributed by atoms with E-state index in [1.165, 1.54) is 31.0 Å². The van der Waals surface area contributed by atoms with E-state index < -0.39 is 0 Å². The molecule has 1 aromatic carbocycles. The molecule has 0 radical (unpaired) electrons. The van der Waals surface area contributed by atoms with Crippen LogP contribution in [0.1, 0.15) is 29.9 Å². The number of rotatable bonds is 3. The Kier molecular flexibility index (Phi) is 3.07. The third-order valence-electron chi connectivity index (χ3n) is 4.01. The Morgan fingerprint density at radius 1 is 1.32 bits per heavy atom. The Hall–Kier alpha value is -2.41. The third-order valence-corrected chi connectivity index (χ3v) is 4.01. The molecule has 1 unspecified atom stereocenters. The van der Waals surface area contributed by atoms with Gasteiger partial charge >= 0.3 is 0 Å². The number of benzene rings is 1. The molecule has 6 nitrogen and oxygen atoms in total. The van der Waals surface area contributed by atoms with Crippen molar-refractivity contribution >= 4 is 28.8 Å². The summed E-state index contributed by atoms with van der Waals surface area (Å²) in [6.45, 7) is 0. The predicted octanol–water partition coefficient (Wildman–Crippen LogP) is 1.89. The Labute approximate surface area is 125 Å². The van der Waals surface area contributed by atoms with Gasteiger partial charge in [-0.05, 0) is 37.0 Å². The number of carbonyl (C=O) groups is 1. The van der Waals surface area contributed by atoms with Gasteiger partial charge in [0, 0.05) is 17.8 Å². The second-order valence-corrected chi connectivity index (χ2v) is 5.66. The summed E-state index contributed by atoms with van der Waals surface area (Å²) >= 11 is 0. The summed E-state index contributed by atoms with van der Waals surface area (Å²) < 4.78 is 13.5. The number of halogens is 1. The van der Waals surface area contributed by atoms with Crippen molar-refractivity contribution in [3.05, 3.63) is 29.8 Å². The van der Waals surface area contributed by atoms with E-state index in [2.05, 4.69) is 25.8 Å². The van der Waals surface area contributed by atoms with Gasteiger partial charge in [-0.1, -0.05) is 0 Å². The van der Waals surface area contributed by atoms with Crippen molar-refractivity contribution in [2.24, 2.45) is 10.9 Å². The van der Waals surface area contributed by atoms with Crippen LogP contribution >= 0.6 is 0 Å². The van der Waals surface area contributed by atoms with Crippen LogP contribution in [0.2, 0.25) is 0 Å². The first-order chi connectivity index (χ1) is 10.7. The van der Waals surface area contributed by atoms with Crippen LogP contribution in [0.5, 0.6) is 0 Å². The standard InChI is InChI=1S/C15H14FN5O/c16-9-3-4-11-10(5-9)15(19-14(7-22)17-11)18-13-6-12(20-21-13)8-1-2-8/h3-5,7-8,12,20H,1-2,6H2,(H,17,18,19,21). The molecule has 1 aromatic heterocycles. The molecule has 1 aliphatic carbocycles. The van der Waals surface area contributed by atoms with Crippen LogP contribution in [0, 0.1) is 11.7 Å². The van der Waals surface area contributed by atoms with Crippen LogP contribution in [0.15, 0.2) is 23.2 Å². The lowest BCUT2D eigenvalue weighted by Crippen LogP contribution is -2.32. The molecule has 2 aromatic rings. The van der Waals surface area contributed by atoms with Gasteiger partial charge in [-0.15, -0.1) is 0 Å². The fourth-order valence-corrected chi connectivity index (χ4v) is 2.71. The number of aromatic nitrogens is 2. The van der Waals surface area contributed by atoms with Gasteiger partial charge in [-0.25, -0.2) is 24.8 Å². The van der Waals surface area contributed by atoms with E-state index in [-0.39, 0.29) is 11.6 Å². The molecule has 1 saturated carbocycles. The van der Waals surface area contributed by atoms with Gasteiger partial charge in [-0.3, -0.25) is 4.79 Å². The van der Waals surface area contributed by atoms with Crippen molar-refractivity contribution in [3.63, 3.8) is 0 Å². The molecular formula is C15H14FN5O. The van der Waals surface area contributed by atoms with Crippen molar-refractivity contribution in [1.29, 1.82) is 0 Å². The zero-order valence-corrected chi connectivity index (χ0v) is 11.7. The first-order valence-corrected chi connectivity index (χ1v) is 7.24. The second-order valence-electron chi connectivity index (χ2n) is 5.66. The zero-order valence-electron chi connectivity index (χ0n) is 11.7. The molecular weight excluding hydrogens is 285 g/mol. The van der Waals surface area contributed by atoms with Gasteiger partial charge in [-0.2, -0.15) is 0 Å². The molecule has 1 atom stereocenters. The highest BCUT2D eigenvalue weighted by atomic mass is 19.1. The summed E-state index contributed by atoms with van der Waals surface area (Å²) in [5.41, 5.74) is 6.76. The quantitative estimate of drug-likeness (QED) is 0.846. The van der Waals surface area contributed by atoms with E-state index in [1.54, 1.807) is 0 Å². The summed E-state index contributed by atoms with van der Waals surface area (Å²) in [7, 11) is 0. The van der Waals surface area contributed by atoms with E-state index in [9.17, 15) is 9.18 Å². The van der Waals surface area contributed by atoms with Crippen LogP contribution in [-0.4, -0.2) is 28.1 Å². The average Bonchev–Trinajstić information content (AvgIpc) is 3.27. The number of hydrazine groups is 1. The lowest BCUT2D eigenvalue weighted by atomic mass is 10.1. The molecule has 0 amide bonds. The number of fused-ring (bicyclic) bond motifs is 1. The van der Waals surface area contributed by atoms with E-state index >= 15 is 0 Å². The molecule has 0 bridgehead atoms. The Balaban J connectivity index is 1.76. The van der Waals surface area contributed by atoms with Crippen molar-refractivity contribution in [1.82, 2.24) is 20.8 Å². The Bertz CT molecular complexity index is 787. The highest BCUT2D eigenvalue weighted by Crippen LogP contribution is 2.35. The van der Waals surface area contributed by atoms with Crippen molar-refractivity contribution in [3.8, 4) is 0 Å². The minimum absolute atomic E-state index is 0.0446. The number of amidine groups is 1. The minimum atomic E-state index is -0.384.